The molecule has 104 valence electrons. The average molecular weight is 276 g/mol. The van der Waals surface area contributed by atoms with E-state index in [1.54, 1.807) is 0 Å². The fourth-order valence-electron chi connectivity index (χ4n) is 1.82. The smallest absolute Gasteiger partial charge is 0.209 e. The van der Waals surface area contributed by atoms with Crippen LogP contribution in [0.15, 0.2) is 30.2 Å². The predicted molar refractivity (Wildman–Crippen MR) is 66.8 cm³/mol. The van der Waals surface area contributed by atoms with Crippen LogP contribution in [0.2, 0.25) is 0 Å². The molecule has 5 nitrogen and oxygen atoms in total. The second-order valence-electron chi connectivity index (χ2n) is 4.14. The van der Waals surface area contributed by atoms with E-state index in [4.69, 9.17) is 9.94 Å². The molecular weight excluding hydrogens is 254 g/mol. The van der Waals surface area contributed by atoms with E-state index in [9.17, 15) is 0 Å². The zero-order chi connectivity index (χ0) is 12.7. The van der Waals surface area contributed by atoms with E-state index >= 15 is 0 Å². The fraction of sp³-hybridized carbons (Fsp3) is 0.583. The number of hydrogen-bond acceptors (Lipinski definition) is 4. The summed E-state index contributed by atoms with van der Waals surface area (Å²) in [6, 6.07) is 0. The van der Waals surface area contributed by atoms with Gasteiger partial charge in [0.25, 0.3) is 0 Å². The van der Waals surface area contributed by atoms with Gasteiger partial charge in [0.2, 0.25) is 6.17 Å². The fourth-order valence-corrected chi connectivity index (χ4v) is 1.82. The summed E-state index contributed by atoms with van der Waals surface area (Å²) in [7, 11) is 1.94. The number of quaternary nitrogens is 1. The molecule has 0 amide bonds. The lowest BCUT2D eigenvalue weighted by atomic mass is 10.2. The van der Waals surface area contributed by atoms with Crippen LogP contribution < -0.4 is 17.3 Å². The summed E-state index contributed by atoms with van der Waals surface area (Å²) in [4.78, 5) is 3.06. The number of nitrogens with zero attached hydrogens (tertiary/aromatic N) is 2. The topological polar surface area (TPSA) is 49.5 Å². The predicted octanol–water partition coefficient (Wildman–Crippen LogP) is -2.59. The third-order valence-corrected chi connectivity index (χ3v) is 2.85. The Bertz CT molecular complexity index is 297. The van der Waals surface area contributed by atoms with Crippen LogP contribution in [-0.4, -0.2) is 42.4 Å². The molecule has 0 aromatic rings. The Balaban J connectivity index is 0.00000289. The largest absolute Gasteiger partial charge is 1.00 e. The summed E-state index contributed by atoms with van der Waals surface area (Å²) in [6.07, 6.45) is 9.43. The van der Waals surface area contributed by atoms with Gasteiger partial charge < -0.3 is 27.3 Å². The maximum absolute atomic E-state index is 8.61. The molecule has 0 fully saturated rings. The quantitative estimate of drug-likeness (QED) is 0.232. The van der Waals surface area contributed by atoms with Crippen molar-refractivity contribution in [2.24, 2.45) is 5.16 Å². The Morgan fingerprint density at radius 2 is 2.39 bits per heavy atom. The van der Waals surface area contributed by atoms with Gasteiger partial charge in [-0.15, -0.1) is 6.58 Å². The number of halogens is 1. The van der Waals surface area contributed by atoms with Crippen molar-refractivity contribution in [1.82, 2.24) is 4.90 Å². The highest BCUT2D eigenvalue weighted by molar-refractivity contribution is 5.61. The third kappa shape index (κ3) is 4.68. The van der Waals surface area contributed by atoms with Crippen molar-refractivity contribution in [2.45, 2.75) is 32.0 Å². The zero-order valence-electron chi connectivity index (χ0n) is 10.9. The molecule has 0 aromatic heterocycles. The Morgan fingerprint density at radius 1 is 1.67 bits per heavy atom. The van der Waals surface area contributed by atoms with Crippen molar-refractivity contribution >= 4 is 6.21 Å². The van der Waals surface area contributed by atoms with Crippen LogP contribution >= 0.6 is 0 Å². The van der Waals surface area contributed by atoms with Crippen LogP contribution in [0.5, 0.6) is 0 Å². The summed E-state index contributed by atoms with van der Waals surface area (Å²) in [5, 5.41) is 11.7. The molecule has 3 unspecified atom stereocenters. The van der Waals surface area contributed by atoms with Crippen LogP contribution in [0.25, 0.3) is 0 Å². The minimum atomic E-state index is -0.00732. The van der Waals surface area contributed by atoms with Gasteiger partial charge in [0.05, 0.1) is 12.3 Å². The number of nitrogens with one attached hydrogen (secondary N) is 1. The van der Waals surface area contributed by atoms with E-state index in [1.165, 1.54) is 6.21 Å². The van der Waals surface area contributed by atoms with Gasteiger partial charge in [-0.3, -0.25) is 4.90 Å². The van der Waals surface area contributed by atoms with Crippen molar-refractivity contribution in [2.75, 3.05) is 13.8 Å². The van der Waals surface area contributed by atoms with Gasteiger partial charge in [0.1, 0.15) is 12.4 Å². The molecule has 0 saturated heterocycles. The normalized spacial score (nSPS) is 24.2. The van der Waals surface area contributed by atoms with Gasteiger partial charge in [-0.1, -0.05) is 24.6 Å². The summed E-state index contributed by atoms with van der Waals surface area (Å²) >= 11 is 0. The maximum atomic E-state index is 8.61. The molecule has 0 aliphatic carbocycles. The number of oxime groups is 1. The molecule has 1 aliphatic heterocycles. The number of hydrogen-bond donors (Lipinski definition) is 2. The zero-order valence-corrected chi connectivity index (χ0v) is 11.7. The molecule has 3 atom stereocenters. The summed E-state index contributed by atoms with van der Waals surface area (Å²) in [5.41, 5.74) is 0. The van der Waals surface area contributed by atoms with Gasteiger partial charge in [0.15, 0.2) is 6.73 Å². The minimum Gasteiger partial charge on any atom is -1.00 e. The molecule has 18 heavy (non-hydrogen) atoms. The van der Waals surface area contributed by atoms with Crippen molar-refractivity contribution in [1.29, 1.82) is 0 Å². The minimum absolute atomic E-state index is 0. The van der Waals surface area contributed by atoms with Gasteiger partial charge in [0, 0.05) is 7.05 Å². The third-order valence-electron chi connectivity index (χ3n) is 2.85. The first-order valence-electron chi connectivity index (χ1n) is 5.90. The Labute approximate surface area is 115 Å². The summed E-state index contributed by atoms with van der Waals surface area (Å²) < 4.78 is 5.76. The SMILES string of the molecule is C=CC(CCC)OC[NH+]1C=CN(C)C1/C=N\O.[Cl-]. The summed E-state index contributed by atoms with van der Waals surface area (Å²) in [6.45, 7) is 6.42. The molecule has 0 radical (unpaired) electrons. The van der Waals surface area contributed by atoms with Crippen molar-refractivity contribution in [3.8, 4) is 0 Å². The highest BCUT2D eigenvalue weighted by Crippen LogP contribution is 2.02. The Hall–Kier alpha value is -1.04. The van der Waals surface area contributed by atoms with Crippen molar-refractivity contribution in [3.63, 3.8) is 0 Å². The number of rotatable bonds is 7. The maximum Gasteiger partial charge on any atom is 0.209 e. The highest BCUT2D eigenvalue weighted by Gasteiger charge is 2.27. The molecule has 0 bridgehead atoms. The van der Waals surface area contributed by atoms with E-state index in [1.807, 2.05) is 30.4 Å². The second-order valence-corrected chi connectivity index (χ2v) is 4.14. The monoisotopic (exact) mass is 275 g/mol. The highest BCUT2D eigenvalue weighted by atomic mass is 35.5. The van der Waals surface area contributed by atoms with Crippen molar-refractivity contribution in [3.05, 3.63) is 25.1 Å². The molecule has 1 rings (SSSR count). The van der Waals surface area contributed by atoms with E-state index in [0.29, 0.717) is 6.73 Å². The first-order valence-corrected chi connectivity index (χ1v) is 5.90. The average Bonchev–Trinajstić information content (AvgIpc) is 2.67. The molecule has 6 heteroatoms. The lowest BCUT2D eigenvalue weighted by molar-refractivity contribution is -0.886. The van der Waals surface area contributed by atoms with Crippen LogP contribution in [0, 0.1) is 0 Å². The van der Waals surface area contributed by atoms with Crippen LogP contribution in [0.1, 0.15) is 19.8 Å². The number of ether oxygens (including phenoxy) is 1. The van der Waals surface area contributed by atoms with E-state index in [2.05, 4.69) is 18.7 Å². The standard InChI is InChI=1S/C12H21N3O2.ClH/c1-4-6-11(5-2)17-10-15-8-7-14(3)12(15)9-13-16;/h5,7-9,11-12,16H,2,4,6,10H2,1,3H3;1H/b13-9-;. The van der Waals surface area contributed by atoms with E-state index in [0.717, 1.165) is 17.7 Å². The van der Waals surface area contributed by atoms with E-state index < -0.39 is 0 Å². The first-order chi connectivity index (χ1) is 8.22. The summed E-state index contributed by atoms with van der Waals surface area (Å²) in [5.74, 6) is 0. The molecule has 0 aromatic carbocycles. The molecule has 0 saturated carbocycles. The van der Waals surface area contributed by atoms with Crippen LogP contribution in [0.4, 0.5) is 0 Å². The first kappa shape index (κ1) is 17.0. The van der Waals surface area contributed by atoms with Crippen LogP contribution in [0.3, 0.4) is 0 Å². The molecule has 0 spiro atoms. The Morgan fingerprint density at radius 3 is 2.94 bits per heavy atom. The van der Waals surface area contributed by atoms with E-state index in [-0.39, 0.29) is 24.7 Å². The molecular formula is C12H22ClN3O2. The lowest BCUT2D eigenvalue weighted by Gasteiger charge is -2.23. The van der Waals surface area contributed by atoms with Gasteiger partial charge in [-0.25, -0.2) is 0 Å². The molecule has 1 aliphatic rings. The lowest BCUT2D eigenvalue weighted by Crippen LogP contribution is -3.12. The second kappa shape index (κ2) is 8.97. The van der Waals surface area contributed by atoms with Gasteiger partial charge >= 0.3 is 0 Å². The molecule has 1 heterocycles. The van der Waals surface area contributed by atoms with Gasteiger partial charge in [-0.2, -0.15) is 0 Å². The Kier molecular flexibility index (Phi) is 8.45. The van der Waals surface area contributed by atoms with Crippen LogP contribution in [-0.2, 0) is 4.74 Å². The van der Waals surface area contributed by atoms with Crippen molar-refractivity contribution < 1.29 is 27.3 Å². The van der Waals surface area contributed by atoms with Gasteiger partial charge in [-0.05, 0) is 6.42 Å². The molecule has 2 N–H and O–H groups in total.